The summed E-state index contributed by atoms with van der Waals surface area (Å²) in [4.78, 5) is 38.3. The number of hydrogen-bond acceptors (Lipinski definition) is 8. The highest BCUT2D eigenvalue weighted by atomic mass is 35.5. The third kappa shape index (κ3) is 9.36. The van der Waals surface area contributed by atoms with Crippen molar-refractivity contribution in [2.75, 3.05) is 25.1 Å². The van der Waals surface area contributed by atoms with Crippen LogP contribution in [0.25, 0.3) is 11.3 Å². The number of hydrogen-bond donors (Lipinski definition) is 3. The van der Waals surface area contributed by atoms with Gasteiger partial charge in [-0.25, -0.2) is 14.5 Å². The number of nitrogens with zero attached hydrogens (tertiary/aromatic N) is 5. The molecule has 0 unspecified atom stereocenters. The largest absolute Gasteiger partial charge is 0.490 e. The first kappa shape index (κ1) is 33.7. The summed E-state index contributed by atoms with van der Waals surface area (Å²) in [7, 11) is 0. The molecule has 0 aliphatic heterocycles. The molecule has 0 aliphatic carbocycles. The van der Waals surface area contributed by atoms with Gasteiger partial charge in [-0.2, -0.15) is 36.7 Å². The molecule has 17 heteroatoms. The van der Waals surface area contributed by atoms with E-state index in [0.717, 1.165) is 22.8 Å². The third-order valence-electron chi connectivity index (χ3n) is 5.49. The number of aromatic nitrogens is 5. The molecule has 0 bridgehead atoms. The maximum atomic E-state index is 12.9. The lowest BCUT2D eigenvalue weighted by molar-refractivity contribution is -0.192. The first-order valence-electron chi connectivity index (χ1n) is 12.6. The molecule has 0 spiro atoms. The van der Waals surface area contributed by atoms with E-state index < -0.39 is 12.1 Å². The Morgan fingerprint density at radius 3 is 2.35 bits per heavy atom. The average Bonchev–Trinajstić information content (AvgIpc) is 3.58. The first-order chi connectivity index (χ1) is 20.5. The van der Waals surface area contributed by atoms with E-state index >= 15 is 0 Å². The van der Waals surface area contributed by atoms with Crippen molar-refractivity contribution in [3.05, 3.63) is 76.5 Å². The van der Waals surface area contributed by atoms with Crippen LogP contribution in [0.5, 0.6) is 0 Å². The van der Waals surface area contributed by atoms with Gasteiger partial charge in [-0.3, -0.25) is 14.0 Å². The number of carboxylic acids is 1. The predicted molar refractivity (Wildman–Crippen MR) is 159 cm³/mol. The van der Waals surface area contributed by atoms with Crippen LogP contribution in [0.1, 0.15) is 39.2 Å². The van der Waals surface area contributed by atoms with Gasteiger partial charge >= 0.3 is 12.1 Å². The number of carbonyl (C=O) groups is 3. The van der Waals surface area contributed by atoms with E-state index in [0.29, 0.717) is 46.7 Å². The van der Waals surface area contributed by atoms with Gasteiger partial charge in [-0.15, -0.1) is 5.10 Å². The van der Waals surface area contributed by atoms with Crippen molar-refractivity contribution in [2.45, 2.75) is 24.6 Å². The van der Waals surface area contributed by atoms with Crippen molar-refractivity contribution in [3.63, 3.8) is 0 Å². The van der Waals surface area contributed by atoms with Crippen molar-refractivity contribution < 1.29 is 32.7 Å². The van der Waals surface area contributed by atoms with Gasteiger partial charge in [0.05, 0.1) is 17.1 Å². The number of carboxylic acid groups (broad SMARTS) is 1. The van der Waals surface area contributed by atoms with E-state index in [1.54, 1.807) is 52.5 Å². The molecule has 0 saturated carbocycles. The number of amides is 2. The second kappa shape index (κ2) is 15.6. The van der Waals surface area contributed by atoms with Crippen molar-refractivity contribution in [1.29, 1.82) is 0 Å². The lowest BCUT2D eigenvalue weighted by Crippen LogP contribution is -2.27. The number of aliphatic carboxylic acids is 1. The van der Waals surface area contributed by atoms with Gasteiger partial charge in [0, 0.05) is 42.1 Å². The third-order valence-corrected chi connectivity index (χ3v) is 7.35. The number of benzene rings is 1. The van der Waals surface area contributed by atoms with E-state index in [4.69, 9.17) is 21.5 Å². The van der Waals surface area contributed by atoms with Crippen molar-refractivity contribution in [2.24, 2.45) is 0 Å². The number of nitrogens with one attached hydrogen (secondary N) is 2. The average molecular weight is 658 g/mol. The molecule has 3 N–H and O–H groups in total. The van der Waals surface area contributed by atoms with E-state index in [1.807, 2.05) is 42.0 Å². The Balaban J connectivity index is 0.000000646. The fraction of sp³-hybridized carbons (Fsp3) is 0.308. The van der Waals surface area contributed by atoms with E-state index in [9.17, 15) is 22.8 Å². The Morgan fingerprint density at radius 1 is 1.05 bits per heavy atom. The van der Waals surface area contributed by atoms with Gasteiger partial charge < -0.3 is 15.7 Å². The molecule has 4 aromatic rings. The molecule has 0 aliphatic rings. The molecule has 0 atom stereocenters. The summed E-state index contributed by atoms with van der Waals surface area (Å²) in [6.45, 7) is 2.93. The molecular formula is C26H27ClF3N7O4S2. The van der Waals surface area contributed by atoms with Crippen LogP contribution in [0.15, 0.2) is 48.7 Å². The monoisotopic (exact) mass is 657 g/mol. The van der Waals surface area contributed by atoms with Crippen LogP contribution < -0.4 is 10.6 Å². The zero-order valence-corrected chi connectivity index (χ0v) is 25.3. The minimum Gasteiger partial charge on any atom is -0.475 e. The minimum atomic E-state index is -5.08. The summed E-state index contributed by atoms with van der Waals surface area (Å²) in [6.07, 6.45) is -1.20. The molecule has 1 aromatic carbocycles. The zero-order chi connectivity index (χ0) is 31.6. The highest BCUT2D eigenvalue weighted by molar-refractivity contribution is 7.98. The van der Waals surface area contributed by atoms with Crippen LogP contribution in [0, 0.1) is 0 Å². The molecule has 0 radical (unpaired) electrons. The highest BCUT2D eigenvalue weighted by Gasteiger charge is 2.38. The SMILES string of the molecule is CCNC(=O)c1ccc(-n2nnc(C(=O)NCCSCc3cn4c(Cl)cccc4n3)c2CSC)cc1.O=C(O)C(F)(F)F. The normalized spacial score (nSPS) is 11.1. The number of halogens is 4. The second-order valence-corrected chi connectivity index (χ2v) is 10.9. The summed E-state index contributed by atoms with van der Waals surface area (Å²) >= 11 is 9.45. The molecule has 11 nitrogen and oxygen atoms in total. The molecule has 0 saturated heterocycles. The van der Waals surface area contributed by atoms with Crippen LogP contribution in [0.2, 0.25) is 5.15 Å². The standard InChI is InChI=1S/C24H26ClN7O2S2.C2HF3O2/c1-3-26-23(33)16-7-9-18(10-8-16)32-19(15-35-2)22(29-30-32)24(34)27-11-12-36-14-17-13-31-20(25)5-4-6-21(31)28-17;3-2(4,5)1(6)7/h4-10,13H,3,11-12,14-15H2,1-2H3,(H,26,33)(H,27,34);(H,6,7). The van der Waals surface area contributed by atoms with Crippen molar-refractivity contribution in [1.82, 2.24) is 35.0 Å². The molecule has 3 aromatic heterocycles. The van der Waals surface area contributed by atoms with Crippen LogP contribution in [-0.4, -0.2) is 78.5 Å². The molecule has 3 heterocycles. The van der Waals surface area contributed by atoms with E-state index in [2.05, 4.69) is 25.9 Å². The van der Waals surface area contributed by atoms with Crippen LogP contribution in [-0.2, 0) is 16.3 Å². The Labute approximate surface area is 257 Å². The molecule has 4 rings (SSSR count). The predicted octanol–water partition coefficient (Wildman–Crippen LogP) is 4.48. The highest BCUT2D eigenvalue weighted by Crippen LogP contribution is 2.19. The zero-order valence-electron chi connectivity index (χ0n) is 22.9. The first-order valence-corrected chi connectivity index (χ1v) is 15.5. The van der Waals surface area contributed by atoms with Crippen LogP contribution in [0.3, 0.4) is 0 Å². The number of rotatable bonds is 11. The second-order valence-electron chi connectivity index (χ2n) is 8.56. The number of carbonyl (C=O) groups excluding carboxylic acids is 2. The topological polar surface area (TPSA) is 144 Å². The summed E-state index contributed by atoms with van der Waals surface area (Å²) in [6, 6.07) is 12.7. The number of imidazole rings is 1. The van der Waals surface area contributed by atoms with Gasteiger partial charge in [0.25, 0.3) is 11.8 Å². The summed E-state index contributed by atoms with van der Waals surface area (Å²) in [5.74, 6) is -1.14. The molecule has 230 valence electrons. The fourth-order valence-electron chi connectivity index (χ4n) is 3.56. The van der Waals surface area contributed by atoms with Crippen LogP contribution >= 0.6 is 35.1 Å². The Kier molecular flexibility index (Phi) is 12.3. The fourth-order valence-corrected chi connectivity index (χ4v) is 5.04. The van der Waals surface area contributed by atoms with Gasteiger partial charge in [-0.1, -0.05) is 22.9 Å². The van der Waals surface area contributed by atoms with Gasteiger partial charge in [0.2, 0.25) is 0 Å². The smallest absolute Gasteiger partial charge is 0.475 e. The summed E-state index contributed by atoms with van der Waals surface area (Å²) < 4.78 is 35.2. The maximum Gasteiger partial charge on any atom is 0.490 e. The van der Waals surface area contributed by atoms with Crippen molar-refractivity contribution in [3.8, 4) is 5.69 Å². The Morgan fingerprint density at radius 2 is 1.74 bits per heavy atom. The summed E-state index contributed by atoms with van der Waals surface area (Å²) in [5.41, 5.74) is 4.06. The van der Waals surface area contributed by atoms with E-state index in [1.165, 1.54) is 0 Å². The number of alkyl halides is 3. The number of fused-ring (bicyclic) bond motifs is 1. The molecule has 43 heavy (non-hydrogen) atoms. The van der Waals surface area contributed by atoms with Gasteiger partial charge in [0.1, 0.15) is 10.8 Å². The van der Waals surface area contributed by atoms with Gasteiger partial charge in [-0.05, 0) is 49.6 Å². The summed E-state index contributed by atoms with van der Waals surface area (Å²) in [5, 5.41) is 21.8. The Bertz CT molecular complexity index is 1560. The maximum absolute atomic E-state index is 12.9. The van der Waals surface area contributed by atoms with Crippen LogP contribution in [0.4, 0.5) is 13.2 Å². The molecular weight excluding hydrogens is 631 g/mol. The van der Waals surface area contributed by atoms with Crippen molar-refractivity contribution >= 4 is 58.6 Å². The minimum absolute atomic E-state index is 0.130. The van der Waals surface area contributed by atoms with Gasteiger partial charge in [0.15, 0.2) is 5.69 Å². The number of pyridine rings is 1. The lowest BCUT2D eigenvalue weighted by Gasteiger charge is -2.08. The number of thioether (sulfide) groups is 2. The quantitative estimate of drug-likeness (QED) is 0.157. The Hall–Kier alpha value is -3.76. The molecule has 2 amide bonds. The lowest BCUT2D eigenvalue weighted by atomic mass is 10.2. The molecule has 0 fully saturated rings. The van der Waals surface area contributed by atoms with E-state index in [-0.39, 0.29) is 11.8 Å².